The number of hydrogen-bond acceptors (Lipinski definition) is 6. The Kier molecular flexibility index (Phi) is 19.8. The van der Waals surface area contributed by atoms with Gasteiger partial charge in [-0.2, -0.15) is 12.2 Å². The molecule has 128 valence electrons. The molecule has 0 spiro atoms. The van der Waals surface area contributed by atoms with Gasteiger partial charge in [0.1, 0.15) is 0 Å². The summed E-state index contributed by atoms with van der Waals surface area (Å²) in [6.07, 6.45) is 20.0. The summed E-state index contributed by atoms with van der Waals surface area (Å²) >= 11 is 0. The van der Waals surface area contributed by atoms with Gasteiger partial charge in [0.05, 0.1) is 20.2 Å². The third-order valence-corrected chi connectivity index (χ3v) is 3.29. The number of rotatable bonds is 2. The molecule has 0 bridgehead atoms. The van der Waals surface area contributed by atoms with Crippen molar-refractivity contribution in [2.45, 2.75) is 26.7 Å². The average Bonchev–Trinajstić information content (AvgIpc) is 3.15. The number of allylic oxidation sites excluding steroid dienone is 8. The van der Waals surface area contributed by atoms with Crippen LogP contribution in [0.15, 0.2) is 36.5 Å². The van der Waals surface area contributed by atoms with Gasteiger partial charge in [0, 0.05) is 11.5 Å². The molecule has 0 atom stereocenters. The Bertz CT molecular complexity index is 513. The Labute approximate surface area is 158 Å². The van der Waals surface area contributed by atoms with Gasteiger partial charge in [0.2, 0.25) is 0 Å². The van der Waals surface area contributed by atoms with Crippen LogP contribution in [0.1, 0.15) is 26.7 Å². The van der Waals surface area contributed by atoms with Gasteiger partial charge in [-0.3, -0.25) is 12.2 Å². The van der Waals surface area contributed by atoms with Gasteiger partial charge in [-0.1, -0.05) is 13.8 Å². The molecule has 0 radical (unpaired) electrons. The van der Waals surface area contributed by atoms with E-state index in [9.17, 15) is 25.9 Å². The first-order valence-corrected chi connectivity index (χ1v) is 9.58. The van der Waals surface area contributed by atoms with Crippen LogP contribution in [0.3, 0.4) is 0 Å². The zero-order valence-corrected chi connectivity index (χ0v) is 17.1. The van der Waals surface area contributed by atoms with Crippen molar-refractivity contribution in [3.05, 3.63) is 48.6 Å². The summed E-state index contributed by atoms with van der Waals surface area (Å²) in [5, 5.41) is 0. The molecule has 0 heterocycles. The topological polar surface area (TPSA) is 114 Å². The van der Waals surface area contributed by atoms with E-state index in [1.165, 1.54) is 13.8 Å². The molecular formula is C14H20O6S2Zr. The van der Waals surface area contributed by atoms with Gasteiger partial charge >= 0.3 is 26.2 Å². The van der Waals surface area contributed by atoms with E-state index < -0.39 is 20.2 Å². The van der Waals surface area contributed by atoms with Crippen molar-refractivity contribution in [1.29, 1.82) is 0 Å². The Balaban J connectivity index is -0.000000229. The molecule has 0 aromatic carbocycles. The Hall–Kier alpha value is -0.337. The van der Waals surface area contributed by atoms with E-state index in [-0.39, 0.29) is 37.7 Å². The second-order valence-electron chi connectivity index (χ2n) is 3.70. The van der Waals surface area contributed by atoms with Gasteiger partial charge in [0.25, 0.3) is 0 Å². The molecule has 2 aliphatic carbocycles. The summed E-state index contributed by atoms with van der Waals surface area (Å²) in [7, 11) is -7.82. The van der Waals surface area contributed by atoms with Crippen LogP contribution in [-0.4, -0.2) is 37.4 Å². The summed E-state index contributed by atoms with van der Waals surface area (Å²) in [5.41, 5.74) is 0. The summed E-state index contributed by atoms with van der Waals surface area (Å²) < 4.78 is 56.7. The van der Waals surface area contributed by atoms with E-state index in [1.807, 2.05) is 24.3 Å². The molecule has 0 N–H and O–H groups in total. The van der Waals surface area contributed by atoms with E-state index in [4.69, 9.17) is 0 Å². The minimum Gasteiger partial charge on any atom is -0.748 e. The zero-order valence-electron chi connectivity index (χ0n) is 13.1. The summed E-state index contributed by atoms with van der Waals surface area (Å²) in [6.45, 7) is 2.62. The first kappa shape index (κ1) is 27.5. The van der Waals surface area contributed by atoms with E-state index >= 15 is 0 Å². The first-order valence-electron chi connectivity index (χ1n) is 6.43. The van der Waals surface area contributed by atoms with Crippen molar-refractivity contribution in [3.8, 4) is 0 Å². The molecule has 0 aromatic heterocycles. The standard InChI is InChI=1S/2C5H5.2C2H6O3S.Zr/c2*1-2-4-5-3-1;2*1-2-6(3,4)5;/h2*1-3H,4H2;2*2H2,1H3,(H,3,4,5);/q2*-1;;;+4/p-2. The quantitative estimate of drug-likeness (QED) is 0.478. The zero-order chi connectivity index (χ0) is 17.5. The molecular weight excluding hydrogens is 420 g/mol. The van der Waals surface area contributed by atoms with Gasteiger partial charge in [-0.05, 0) is 0 Å². The van der Waals surface area contributed by atoms with E-state index in [2.05, 4.69) is 24.3 Å². The minimum atomic E-state index is -3.91. The van der Waals surface area contributed by atoms with Crippen molar-refractivity contribution in [2.24, 2.45) is 0 Å². The van der Waals surface area contributed by atoms with Gasteiger partial charge in [-0.15, -0.1) is 12.8 Å². The van der Waals surface area contributed by atoms with Crippen LogP contribution in [0.2, 0.25) is 0 Å². The van der Waals surface area contributed by atoms with Crippen LogP contribution in [0.25, 0.3) is 0 Å². The minimum absolute atomic E-state index is 0. The van der Waals surface area contributed by atoms with Gasteiger partial charge < -0.3 is 9.11 Å². The molecule has 0 fully saturated rings. The maximum Gasteiger partial charge on any atom is 4.00 e. The molecule has 2 aliphatic rings. The molecule has 0 saturated heterocycles. The van der Waals surface area contributed by atoms with Gasteiger partial charge in [-0.25, -0.2) is 41.1 Å². The largest absolute Gasteiger partial charge is 4.00 e. The molecule has 0 unspecified atom stereocenters. The fourth-order valence-electron chi connectivity index (χ4n) is 0.680. The van der Waals surface area contributed by atoms with Crippen molar-refractivity contribution in [3.63, 3.8) is 0 Å². The third-order valence-electron chi connectivity index (χ3n) is 1.88. The second-order valence-corrected chi connectivity index (χ2v) is 7.08. The monoisotopic (exact) mass is 438 g/mol. The Morgan fingerprint density at radius 1 is 0.826 bits per heavy atom. The van der Waals surface area contributed by atoms with Crippen LogP contribution in [0.4, 0.5) is 0 Å². The molecule has 0 amide bonds. The van der Waals surface area contributed by atoms with Crippen LogP contribution in [-0.2, 0) is 46.4 Å². The van der Waals surface area contributed by atoms with Crippen molar-refractivity contribution in [1.82, 2.24) is 0 Å². The fourth-order valence-corrected chi connectivity index (χ4v) is 0.680. The maximum atomic E-state index is 9.44. The average molecular weight is 440 g/mol. The summed E-state index contributed by atoms with van der Waals surface area (Å²) in [4.78, 5) is 0. The first-order chi connectivity index (χ1) is 10.1. The molecule has 0 aromatic rings. The summed E-state index contributed by atoms with van der Waals surface area (Å²) in [6, 6.07) is 0. The van der Waals surface area contributed by atoms with E-state index in [1.54, 1.807) is 0 Å². The number of hydrogen-bond donors (Lipinski definition) is 0. The van der Waals surface area contributed by atoms with Crippen LogP contribution < -0.4 is 0 Å². The van der Waals surface area contributed by atoms with Gasteiger partial charge in [0.15, 0.2) is 0 Å². The molecule has 9 heteroatoms. The van der Waals surface area contributed by atoms with Crippen LogP contribution in [0.5, 0.6) is 0 Å². The molecule has 6 nitrogen and oxygen atoms in total. The molecule has 0 aliphatic heterocycles. The fraction of sp³-hybridized carbons (Fsp3) is 0.429. The maximum absolute atomic E-state index is 9.44. The predicted molar refractivity (Wildman–Crippen MR) is 83.6 cm³/mol. The van der Waals surface area contributed by atoms with Crippen molar-refractivity contribution >= 4 is 20.2 Å². The normalized spacial score (nSPS) is 13.7. The summed E-state index contributed by atoms with van der Waals surface area (Å²) in [5.74, 6) is -0.625. The Morgan fingerprint density at radius 3 is 1.13 bits per heavy atom. The third kappa shape index (κ3) is 34.1. The smallest absolute Gasteiger partial charge is 0.748 e. The Morgan fingerprint density at radius 2 is 1.09 bits per heavy atom. The molecule has 23 heavy (non-hydrogen) atoms. The van der Waals surface area contributed by atoms with E-state index in [0.29, 0.717) is 0 Å². The van der Waals surface area contributed by atoms with E-state index in [0.717, 1.165) is 12.8 Å². The molecule has 2 rings (SSSR count). The molecule has 0 saturated carbocycles. The SMILES string of the molecule is CCS(=O)(=O)[O-].CCS(=O)(=O)[O-].[C-]1=CC=CC1.[C-]1=CC=CC1.[Zr+4]. The van der Waals surface area contributed by atoms with Crippen LogP contribution in [0, 0.1) is 12.2 Å². The second kappa shape index (κ2) is 16.5. The van der Waals surface area contributed by atoms with Crippen molar-refractivity contribution < 1.29 is 52.1 Å². The van der Waals surface area contributed by atoms with Crippen molar-refractivity contribution in [2.75, 3.05) is 11.5 Å². The van der Waals surface area contributed by atoms with Crippen LogP contribution >= 0.6 is 0 Å². The predicted octanol–water partition coefficient (Wildman–Crippen LogP) is 1.71.